The molecule has 0 bridgehead atoms. The maximum atomic E-state index is 12.5. The quantitative estimate of drug-likeness (QED) is 0.771. The lowest BCUT2D eigenvalue weighted by Gasteiger charge is -2.34. The monoisotopic (exact) mass is 301 g/mol. The summed E-state index contributed by atoms with van der Waals surface area (Å²) >= 11 is 6.31. The van der Waals surface area contributed by atoms with Gasteiger partial charge in [-0.25, -0.2) is 0 Å². The van der Waals surface area contributed by atoms with Crippen molar-refractivity contribution in [2.24, 2.45) is 5.92 Å². The van der Waals surface area contributed by atoms with Crippen molar-refractivity contribution in [2.45, 2.75) is 25.1 Å². The minimum Gasteiger partial charge on any atom is -0.341 e. The first-order valence-electron chi connectivity index (χ1n) is 7.53. The minimum absolute atomic E-state index is 0.0789. The standard InChI is InChI=1S/C18H20ClNO/c1-13-9-10-20(12-17(13)19)18(21)11-15-7-4-6-14-5-2-3-8-16(14)15/h2-8,13,17H,9-12H2,1H3. The number of hydrogen-bond donors (Lipinski definition) is 0. The highest BCUT2D eigenvalue weighted by Crippen LogP contribution is 2.24. The van der Waals surface area contributed by atoms with Gasteiger partial charge in [0.05, 0.1) is 11.8 Å². The molecule has 1 aliphatic heterocycles. The van der Waals surface area contributed by atoms with Crippen LogP contribution in [0.2, 0.25) is 0 Å². The summed E-state index contributed by atoms with van der Waals surface area (Å²) in [7, 11) is 0. The van der Waals surface area contributed by atoms with Gasteiger partial charge in [-0.15, -0.1) is 11.6 Å². The van der Waals surface area contributed by atoms with Crippen molar-refractivity contribution in [1.29, 1.82) is 0 Å². The molecule has 2 aromatic rings. The number of carbonyl (C=O) groups excluding carboxylic acids is 1. The highest BCUT2D eigenvalue weighted by Gasteiger charge is 2.27. The number of halogens is 1. The second-order valence-corrected chi connectivity index (χ2v) is 6.50. The van der Waals surface area contributed by atoms with Crippen molar-refractivity contribution >= 4 is 28.3 Å². The summed E-state index contributed by atoms with van der Waals surface area (Å²) in [6, 6.07) is 14.4. The van der Waals surface area contributed by atoms with E-state index in [1.165, 1.54) is 10.8 Å². The van der Waals surface area contributed by atoms with Crippen molar-refractivity contribution in [1.82, 2.24) is 4.90 Å². The van der Waals surface area contributed by atoms with Gasteiger partial charge in [-0.3, -0.25) is 4.79 Å². The Balaban J connectivity index is 1.78. The fraction of sp³-hybridized carbons (Fsp3) is 0.389. The van der Waals surface area contributed by atoms with Gasteiger partial charge in [-0.05, 0) is 28.7 Å². The second kappa shape index (κ2) is 6.07. The molecule has 2 nitrogen and oxygen atoms in total. The van der Waals surface area contributed by atoms with Crippen LogP contribution >= 0.6 is 11.6 Å². The Kier molecular flexibility index (Phi) is 4.16. The van der Waals surface area contributed by atoms with E-state index in [4.69, 9.17) is 11.6 Å². The van der Waals surface area contributed by atoms with Crippen LogP contribution in [0.3, 0.4) is 0 Å². The van der Waals surface area contributed by atoms with Gasteiger partial charge in [0.15, 0.2) is 0 Å². The van der Waals surface area contributed by atoms with Crippen molar-refractivity contribution in [3.8, 4) is 0 Å². The second-order valence-electron chi connectivity index (χ2n) is 5.94. The van der Waals surface area contributed by atoms with E-state index in [9.17, 15) is 4.79 Å². The highest BCUT2D eigenvalue weighted by molar-refractivity contribution is 6.21. The summed E-state index contributed by atoms with van der Waals surface area (Å²) in [5.74, 6) is 0.678. The molecule has 2 unspecified atom stereocenters. The van der Waals surface area contributed by atoms with E-state index in [0.29, 0.717) is 18.9 Å². The summed E-state index contributed by atoms with van der Waals surface area (Å²) < 4.78 is 0. The molecule has 2 atom stereocenters. The van der Waals surface area contributed by atoms with E-state index in [-0.39, 0.29) is 11.3 Å². The predicted octanol–water partition coefficient (Wildman–Crippen LogP) is 3.86. The van der Waals surface area contributed by atoms with Crippen LogP contribution in [0, 0.1) is 5.92 Å². The number of piperidine rings is 1. The molecule has 3 rings (SSSR count). The zero-order chi connectivity index (χ0) is 14.8. The number of alkyl halides is 1. The lowest BCUT2D eigenvalue weighted by molar-refractivity contribution is -0.131. The number of benzene rings is 2. The van der Waals surface area contributed by atoms with Crippen LogP contribution in [0.25, 0.3) is 10.8 Å². The van der Waals surface area contributed by atoms with E-state index in [1.54, 1.807) is 0 Å². The molecule has 0 radical (unpaired) electrons. The van der Waals surface area contributed by atoms with E-state index in [0.717, 1.165) is 18.5 Å². The van der Waals surface area contributed by atoms with E-state index >= 15 is 0 Å². The highest BCUT2D eigenvalue weighted by atomic mass is 35.5. The minimum atomic E-state index is 0.0789. The van der Waals surface area contributed by atoms with Gasteiger partial charge in [0.25, 0.3) is 0 Å². The van der Waals surface area contributed by atoms with Gasteiger partial charge in [-0.2, -0.15) is 0 Å². The van der Waals surface area contributed by atoms with Crippen molar-refractivity contribution in [2.75, 3.05) is 13.1 Å². The number of fused-ring (bicyclic) bond motifs is 1. The average molecular weight is 302 g/mol. The first-order valence-corrected chi connectivity index (χ1v) is 7.97. The Bertz CT molecular complexity index is 649. The summed E-state index contributed by atoms with van der Waals surface area (Å²) in [6.45, 7) is 3.66. The number of likely N-dealkylation sites (tertiary alicyclic amines) is 1. The molecule has 0 N–H and O–H groups in total. The third kappa shape index (κ3) is 3.06. The van der Waals surface area contributed by atoms with Gasteiger partial charge < -0.3 is 4.90 Å². The lowest BCUT2D eigenvalue weighted by atomic mass is 9.97. The van der Waals surface area contributed by atoms with Crippen molar-refractivity contribution < 1.29 is 4.79 Å². The van der Waals surface area contributed by atoms with Crippen LogP contribution in [0.4, 0.5) is 0 Å². The lowest BCUT2D eigenvalue weighted by Crippen LogP contribution is -2.44. The number of amides is 1. The van der Waals surface area contributed by atoms with Crippen LogP contribution in [0.15, 0.2) is 42.5 Å². The molecular weight excluding hydrogens is 282 g/mol. The molecule has 0 saturated carbocycles. The first kappa shape index (κ1) is 14.4. The summed E-state index contributed by atoms with van der Waals surface area (Å²) in [5.41, 5.74) is 1.10. The predicted molar refractivity (Wildman–Crippen MR) is 87.7 cm³/mol. The zero-order valence-electron chi connectivity index (χ0n) is 12.3. The van der Waals surface area contributed by atoms with Gasteiger partial charge in [0, 0.05) is 13.1 Å². The normalized spacial score (nSPS) is 22.5. The molecule has 1 fully saturated rings. The summed E-state index contributed by atoms with van der Waals surface area (Å²) in [4.78, 5) is 14.4. The fourth-order valence-electron chi connectivity index (χ4n) is 2.97. The number of hydrogen-bond acceptors (Lipinski definition) is 1. The average Bonchev–Trinajstić information content (AvgIpc) is 2.50. The topological polar surface area (TPSA) is 20.3 Å². The van der Waals surface area contributed by atoms with Crippen molar-refractivity contribution in [3.05, 3.63) is 48.0 Å². The Morgan fingerprint density at radius 2 is 2.00 bits per heavy atom. The van der Waals surface area contributed by atoms with Gasteiger partial charge in [0.1, 0.15) is 0 Å². The van der Waals surface area contributed by atoms with Gasteiger partial charge in [-0.1, -0.05) is 49.4 Å². The Labute approximate surface area is 130 Å². The molecule has 3 heteroatoms. The Morgan fingerprint density at radius 1 is 1.24 bits per heavy atom. The largest absolute Gasteiger partial charge is 0.341 e. The number of rotatable bonds is 2. The van der Waals surface area contributed by atoms with Crippen LogP contribution in [-0.2, 0) is 11.2 Å². The molecule has 1 aliphatic rings. The third-order valence-corrected chi connectivity index (χ3v) is 5.01. The molecular formula is C18H20ClNO. The smallest absolute Gasteiger partial charge is 0.227 e. The maximum Gasteiger partial charge on any atom is 0.227 e. The maximum absolute atomic E-state index is 12.5. The van der Waals surface area contributed by atoms with Crippen LogP contribution < -0.4 is 0 Å². The zero-order valence-corrected chi connectivity index (χ0v) is 13.0. The van der Waals surface area contributed by atoms with Gasteiger partial charge >= 0.3 is 0 Å². The molecule has 2 aromatic carbocycles. The first-order chi connectivity index (χ1) is 10.1. The molecule has 1 heterocycles. The molecule has 0 aromatic heterocycles. The number of nitrogens with zero attached hydrogens (tertiary/aromatic N) is 1. The molecule has 110 valence electrons. The molecule has 0 spiro atoms. The fourth-order valence-corrected chi connectivity index (χ4v) is 3.26. The molecule has 0 aliphatic carbocycles. The molecule has 1 saturated heterocycles. The SMILES string of the molecule is CC1CCN(C(=O)Cc2cccc3ccccc23)CC1Cl. The number of carbonyl (C=O) groups is 1. The molecule has 21 heavy (non-hydrogen) atoms. The van der Waals surface area contributed by atoms with Crippen LogP contribution in [0.1, 0.15) is 18.9 Å². The summed E-state index contributed by atoms with van der Waals surface area (Å²) in [6.07, 6.45) is 1.45. The van der Waals surface area contributed by atoms with Gasteiger partial charge in [0.2, 0.25) is 5.91 Å². The Hall–Kier alpha value is -1.54. The van der Waals surface area contributed by atoms with Crippen LogP contribution in [-0.4, -0.2) is 29.3 Å². The summed E-state index contributed by atoms with van der Waals surface area (Å²) in [5, 5.41) is 2.43. The van der Waals surface area contributed by atoms with E-state index < -0.39 is 0 Å². The van der Waals surface area contributed by atoms with Crippen LogP contribution in [0.5, 0.6) is 0 Å². The van der Waals surface area contributed by atoms with Crippen molar-refractivity contribution in [3.63, 3.8) is 0 Å². The molecule has 1 amide bonds. The van der Waals surface area contributed by atoms with E-state index in [2.05, 4.69) is 25.1 Å². The van der Waals surface area contributed by atoms with E-state index in [1.807, 2.05) is 29.2 Å². The Morgan fingerprint density at radius 3 is 2.81 bits per heavy atom. The third-order valence-electron chi connectivity index (χ3n) is 4.44.